The number of hydrogen-bond donors (Lipinski definition) is 3. The first-order valence-corrected chi connectivity index (χ1v) is 3.04. The molecule has 1 heterocycles. The van der Waals surface area contributed by atoms with Crippen molar-refractivity contribution in [3.8, 4) is 0 Å². The average Bonchev–Trinajstić information content (AvgIpc) is 2.34. The van der Waals surface area contributed by atoms with E-state index in [9.17, 15) is 9.59 Å². The van der Waals surface area contributed by atoms with E-state index in [2.05, 4.69) is 4.84 Å². The summed E-state index contributed by atoms with van der Waals surface area (Å²) in [6.07, 6.45) is -0.743. The Morgan fingerprint density at radius 1 is 1.91 bits per heavy atom. The summed E-state index contributed by atoms with van der Waals surface area (Å²) in [5.41, 5.74) is 7.19. The summed E-state index contributed by atoms with van der Waals surface area (Å²) >= 11 is 0. The Kier molecular flexibility index (Phi) is 2.06. The first kappa shape index (κ1) is 7.96. The van der Waals surface area contributed by atoms with Crippen LogP contribution in [-0.4, -0.2) is 29.1 Å². The second-order valence-corrected chi connectivity index (χ2v) is 2.25. The van der Waals surface area contributed by atoms with Crippen LogP contribution in [0.3, 0.4) is 0 Å². The van der Waals surface area contributed by atoms with E-state index in [0.29, 0.717) is 0 Å². The van der Waals surface area contributed by atoms with Gasteiger partial charge in [0.25, 0.3) is 0 Å². The zero-order valence-corrected chi connectivity index (χ0v) is 5.61. The van der Waals surface area contributed by atoms with Crippen LogP contribution in [0.25, 0.3) is 0 Å². The molecule has 0 spiro atoms. The molecule has 1 aliphatic rings. The Morgan fingerprint density at radius 2 is 2.55 bits per heavy atom. The molecule has 6 nitrogen and oxygen atoms in total. The highest BCUT2D eigenvalue weighted by Crippen LogP contribution is 2.07. The lowest BCUT2D eigenvalue weighted by Gasteiger charge is -2.10. The Bertz CT molecular complexity index is 193. The number of nitrogens with two attached hydrogens (primary N) is 1. The van der Waals surface area contributed by atoms with Crippen molar-refractivity contribution >= 4 is 11.9 Å². The first-order chi connectivity index (χ1) is 5.11. The minimum atomic E-state index is -1.17. The topological polar surface area (TPSA) is 102 Å². The van der Waals surface area contributed by atoms with Crippen LogP contribution in [0.15, 0.2) is 0 Å². The predicted molar refractivity (Wildman–Crippen MR) is 33.2 cm³/mol. The van der Waals surface area contributed by atoms with Gasteiger partial charge >= 0.3 is 5.97 Å². The van der Waals surface area contributed by atoms with E-state index >= 15 is 0 Å². The maximum Gasteiger partial charge on any atom is 0.323 e. The maximum atomic E-state index is 10.5. The molecule has 6 heteroatoms. The minimum absolute atomic E-state index is 0.00741. The Balaban J connectivity index is 2.49. The first-order valence-electron chi connectivity index (χ1n) is 3.04. The molecule has 1 saturated heterocycles. The van der Waals surface area contributed by atoms with Crippen LogP contribution >= 0.6 is 0 Å². The van der Waals surface area contributed by atoms with Crippen molar-refractivity contribution in [3.63, 3.8) is 0 Å². The second-order valence-electron chi connectivity index (χ2n) is 2.25. The van der Waals surface area contributed by atoms with Crippen LogP contribution in [0.1, 0.15) is 6.42 Å². The molecule has 0 aromatic carbocycles. The van der Waals surface area contributed by atoms with Gasteiger partial charge in [-0.05, 0) is 0 Å². The van der Waals surface area contributed by atoms with Crippen molar-refractivity contribution in [2.75, 3.05) is 0 Å². The van der Waals surface area contributed by atoms with Gasteiger partial charge in [-0.3, -0.25) is 14.4 Å². The van der Waals surface area contributed by atoms with Crippen molar-refractivity contribution < 1.29 is 19.5 Å². The van der Waals surface area contributed by atoms with E-state index in [1.54, 1.807) is 0 Å². The highest BCUT2D eigenvalue weighted by atomic mass is 16.7. The van der Waals surface area contributed by atoms with Gasteiger partial charge < -0.3 is 10.8 Å². The van der Waals surface area contributed by atoms with Gasteiger partial charge in [-0.2, -0.15) is 0 Å². The summed E-state index contributed by atoms with van der Waals surface area (Å²) in [4.78, 5) is 25.3. The summed E-state index contributed by atoms with van der Waals surface area (Å²) in [6.45, 7) is 0. The van der Waals surface area contributed by atoms with Gasteiger partial charge in [-0.25, -0.2) is 5.48 Å². The molecule has 0 bridgehead atoms. The molecule has 1 aliphatic heterocycles. The smallest absolute Gasteiger partial charge is 0.323 e. The van der Waals surface area contributed by atoms with Gasteiger partial charge in [-0.1, -0.05) is 0 Å². The Hall–Kier alpha value is -1.14. The molecular weight excluding hydrogens is 152 g/mol. The third kappa shape index (κ3) is 1.66. The molecule has 4 N–H and O–H groups in total. The third-order valence-corrected chi connectivity index (χ3v) is 1.40. The molecule has 0 aliphatic carbocycles. The second kappa shape index (κ2) is 2.85. The van der Waals surface area contributed by atoms with E-state index in [1.165, 1.54) is 0 Å². The molecule has 11 heavy (non-hydrogen) atoms. The number of carbonyl (C=O) groups excluding carboxylic acids is 1. The monoisotopic (exact) mass is 160 g/mol. The molecule has 2 unspecified atom stereocenters. The van der Waals surface area contributed by atoms with Gasteiger partial charge in [0.15, 0.2) is 0 Å². The highest BCUT2D eigenvalue weighted by molar-refractivity contribution is 5.80. The molecule has 1 amide bonds. The molecule has 0 radical (unpaired) electrons. The number of hydroxylamine groups is 1. The fourth-order valence-corrected chi connectivity index (χ4v) is 0.767. The van der Waals surface area contributed by atoms with Gasteiger partial charge in [0.2, 0.25) is 5.91 Å². The minimum Gasteiger partial charge on any atom is -0.480 e. The fraction of sp³-hybridized carbons (Fsp3) is 0.600. The van der Waals surface area contributed by atoms with Crippen molar-refractivity contribution in [3.05, 3.63) is 0 Å². The van der Waals surface area contributed by atoms with Crippen LogP contribution in [-0.2, 0) is 14.4 Å². The molecule has 1 fully saturated rings. The highest BCUT2D eigenvalue weighted by Gasteiger charge is 2.32. The van der Waals surface area contributed by atoms with E-state index in [0.717, 1.165) is 0 Å². The summed E-state index contributed by atoms with van der Waals surface area (Å²) in [7, 11) is 0. The van der Waals surface area contributed by atoms with Crippen LogP contribution in [0.5, 0.6) is 0 Å². The van der Waals surface area contributed by atoms with Crippen molar-refractivity contribution in [1.29, 1.82) is 0 Å². The molecule has 1 rings (SSSR count). The van der Waals surface area contributed by atoms with Gasteiger partial charge in [0, 0.05) is 0 Å². The third-order valence-electron chi connectivity index (χ3n) is 1.40. The van der Waals surface area contributed by atoms with Crippen LogP contribution < -0.4 is 11.2 Å². The van der Waals surface area contributed by atoms with Crippen molar-refractivity contribution in [1.82, 2.24) is 5.48 Å². The maximum absolute atomic E-state index is 10.5. The fourth-order valence-electron chi connectivity index (χ4n) is 0.767. The van der Waals surface area contributed by atoms with Crippen LogP contribution in [0.2, 0.25) is 0 Å². The molecule has 2 atom stereocenters. The van der Waals surface area contributed by atoms with Crippen molar-refractivity contribution in [2.24, 2.45) is 5.73 Å². The van der Waals surface area contributed by atoms with Gasteiger partial charge in [0.05, 0.1) is 6.42 Å². The summed E-state index contributed by atoms with van der Waals surface area (Å²) < 4.78 is 0. The molecule has 0 aromatic heterocycles. The number of amides is 1. The molecule has 62 valence electrons. The Morgan fingerprint density at radius 3 is 2.91 bits per heavy atom. The zero-order valence-electron chi connectivity index (χ0n) is 5.61. The standard InChI is InChI=1S/C5H8N2O4/c6-4(5(9)10)2-1-3(8)7-11-2/h2,4H,1,6H2,(H,7,8)(H,9,10). The lowest BCUT2D eigenvalue weighted by Crippen LogP contribution is -2.41. The van der Waals surface area contributed by atoms with Crippen LogP contribution in [0, 0.1) is 0 Å². The number of carboxylic acids is 1. The number of rotatable bonds is 2. The lowest BCUT2D eigenvalue weighted by molar-refractivity contribution is -0.143. The van der Waals surface area contributed by atoms with E-state index < -0.39 is 18.1 Å². The number of carboxylic acid groups (broad SMARTS) is 1. The zero-order chi connectivity index (χ0) is 8.43. The van der Waals surface area contributed by atoms with Gasteiger partial charge in [0.1, 0.15) is 12.1 Å². The predicted octanol–water partition coefficient (Wildman–Crippen LogP) is -1.78. The summed E-state index contributed by atoms with van der Waals surface area (Å²) in [6, 6.07) is -1.14. The quantitative estimate of drug-likeness (QED) is 0.443. The molecule has 0 aromatic rings. The van der Waals surface area contributed by atoms with E-state index in [-0.39, 0.29) is 12.3 Å². The number of hydrogen-bond acceptors (Lipinski definition) is 4. The van der Waals surface area contributed by atoms with E-state index in [4.69, 9.17) is 10.8 Å². The normalized spacial score (nSPS) is 26.3. The van der Waals surface area contributed by atoms with Gasteiger partial charge in [-0.15, -0.1) is 0 Å². The molecule has 0 saturated carbocycles. The largest absolute Gasteiger partial charge is 0.480 e. The average molecular weight is 160 g/mol. The Labute approximate surface area is 62.3 Å². The summed E-state index contributed by atoms with van der Waals surface area (Å²) in [5, 5.41) is 8.38. The van der Waals surface area contributed by atoms with Crippen molar-refractivity contribution in [2.45, 2.75) is 18.6 Å². The summed E-state index contributed by atoms with van der Waals surface area (Å²) in [5.74, 6) is -1.52. The lowest BCUT2D eigenvalue weighted by atomic mass is 10.1. The number of aliphatic carboxylic acids is 1. The molecular formula is C5H8N2O4. The number of nitrogens with one attached hydrogen (secondary N) is 1. The van der Waals surface area contributed by atoms with E-state index in [1.807, 2.05) is 5.48 Å². The SMILES string of the molecule is NC(C(=O)O)C1CC(=O)NO1. The van der Waals surface area contributed by atoms with Crippen LogP contribution in [0.4, 0.5) is 0 Å². The number of carbonyl (C=O) groups is 2.